The molecule has 2 atom stereocenters. The summed E-state index contributed by atoms with van der Waals surface area (Å²) in [6.07, 6.45) is 0.390. The number of fused-ring (bicyclic) bond motifs is 1. The molecule has 0 saturated carbocycles. The summed E-state index contributed by atoms with van der Waals surface area (Å²) in [7, 11) is 1.67. The quantitative estimate of drug-likeness (QED) is 0.651. The van der Waals surface area contributed by atoms with Crippen LogP contribution in [0.1, 0.15) is 12.5 Å². The Morgan fingerprint density at radius 1 is 1.29 bits per heavy atom. The zero-order chi connectivity index (χ0) is 22.0. The van der Waals surface area contributed by atoms with Crippen LogP contribution in [0.25, 0.3) is 22.2 Å². The lowest BCUT2D eigenvalue weighted by molar-refractivity contribution is -0.148. The highest BCUT2D eigenvalue weighted by Crippen LogP contribution is 2.24. The average Bonchev–Trinajstić information content (AvgIpc) is 3.07. The van der Waals surface area contributed by atoms with E-state index in [9.17, 15) is 14.9 Å². The smallest absolute Gasteiger partial charge is 0.408 e. The van der Waals surface area contributed by atoms with E-state index in [0.29, 0.717) is 31.7 Å². The maximum absolute atomic E-state index is 12.6. The molecule has 0 bridgehead atoms. The summed E-state index contributed by atoms with van der Waals surface area (Å²) in [6, 6.07) is 14.9. The van der Waals surface area contributed by atoms with Crippen molar-refractivity contribution in [3.8, 4) is 17.2 Å². The molecule has 1 aliphatic heterocycles. The number of aromatic nitrogens is 1. The summed E-state index contributed by atoms with van der Waals surface area (Å²) in [5.74, 6) is -0.683. The molecule has 3 aromatic rings. The minimum Gasteiger partial charge on any atom is -0.408 e. The highest BCUT2D eigenvalue weighted by molar-refractivity contribution is 5.85. The van der Waals surface area contributed by atoms with Crippen LogP contribution in [-0.4, -0.2) is 41.8 Å². The van der Waals surface area contributed by atoms with Gasteiger partial charge >= 0.3 is 5.76 Å². The summed E-state index contributed by atoms with van der Waals surface area (Å²) < 4.78 is 12.3. The first kappa shape index (κ1) is 20.8. The molecule has 1 aliphatic rings. The molecular weight excluding hydrogens is 396 g/mol. The molecule has 8 heteroatoms. The van der Waals surface area contributed by atoms with Gasteiger partial charge in [0.05, 0.1) is 18.2 Å². The molecule has 2 N–H and O–H groups in total. The molecule has 160 valence electrons. The van der Waals surface area contributed by atoms with Gasteiger partial charge in [-0.15, -0.1) is 0 Å². The lowest BCUT2D eigenvalue weighted by Crippen LogP contribution is -2.58. The Morgan fingerprint density at radius 2 is 2.03 bits per heavy atom. The number of aryl methyl sites for hydroxylation is 1. The third kappa shape index (κ3) is 4.24. The number of amides is 1. The van der Waals surface area contributed by atoms with E-state index in [1.54, 1.807) is 20.0 Å². The van der Waals surface area contributed by atoms with Gasteiger partial charge in [0.2, 0.25) is 0 Å². The van der Waals surface area contributed by atoms with Crippen LogP contribution in [0.2, 0.25) is 0 Å². The molecule has 0 radical (unpaired) electrons. The zero-order valence-corrected chi connectivity index (χ0v) is 17.5. The maximum atomic E-state index is 12.6. The predicted octanol–water partition coefficient (Wildman–Crippen LogP) is 1.73. The summed E-state index contributed by atoms with van der Waals surface area (Å²) >= 11 is 0. The number of ether oxygens (including phenoxy) is 1. The van der Waals surface area contributed by atoms with Gasteiger partial charge in [-0.1, -0.05) is 30.3 Å². The minimum absolute atomic E-state index is 0.290. The first-order chi connectivity index (χ1) is 14.9. The van der Waals surface area contributed by atoms with Crippen LogP contribution in [0.15, 0.2) is 51.7 Å². The van der Waals surface area contributed by atoms with Crippen LogP contribution in [0, 0.1) is 11.3 Å². The molecule has 2 heterocycles. The standard InChI is InChI=1S/C23H24N4O4/c1-23(14-25-9-10-30-23)21(28)26-18(13-24)11-15-3-5-16(6-4-15)17-7-8-20-19(12-17)27(2)22(29)31-20/h3-8,12,18,25H,9-11,14H2,1-2H3,(H,26,28). The van der Waals surface area contributed by atoms with E-state index in [4.69, 9.17) is 9.15 Å². The van der Waals surface area contributed by atoms with Gasteiger partial charge in [0.15, 0.2) is 11.2 Å². The van der Waals surface area contributed by atoms with Crippen LogP contribution >= 0.6 is 0 Å². The van der Waals surface area contributed by atoms with Crippen molar-refractivity contribution >= 4 is 17.0 Å². The molecule has 2 unspecified atom stereocenters. The second-order valence-corrected chi connectivity index (χ2v) is 7.92. The number of carbonyl (C=O) groups excluding carboxylic acids is 1. The second kappa shape index (κ2) is 8.38. The second-order valence-electron chi connectivity index (χ2n) is 7.92. The third-order valence-electron chi connectivity index (χ3n) is 5.62. The topological polar surface area (TPSA) is 109 Å². The SMILES string of the molecule is Cn1c(=O)oc2ccc(-c3ccc(CC(C#N)NC(=O)C4(C)CNCCO4)cc3)cc21. The average molecular weight is 420 g/mol. The molecule has 1 amide bonds. The lowest BCUT2D eigenvalue weighted by Gasteiger charge is -2.33. The van der Waals surface area contributed by atoms with Crippen molar-refractivity contribution in [3.05, 3.63) is 58.6 Å². The van der Waals surface area contributed by atoms with Crippen LogP contribution in [-0.2, 0) is 23.0 Å². The Bertz CT molecular complexity index is 1200. The van der Waals surface area contributed by atoms with E-state index < -0.39 is 17.4 Å². The Kier molecular flexibility index (Phi) is 5.63. The maximum Gasteiger partial charge on any atom is 0.419 e. The summed E-state index contributed by atoms with van der Waals surface area (Å²) in [5.41, 5.74) is 3.17. The normalized spacial score (nSPS) is 19.6. The number of carbonyl (C=O) groups is 1. The Labute approximate surface area is 179 Å². The van der Waals surface area contributed by atoms with E-state index >= 15 is 0 Å². The van der Waals surface area contributed by atoms with Crippen molar-refractivity contribution in [2.45, 2.75) is 25.0 Å². The van der Waals surface area contributed by atoms with Gasteiger partial charge in [-0.05, 0) is 35.7 Å². The van der Waals surface area contributed by atoms with E-state index in [0.717, 1.165) is 22.2 Å². The molecule has 1 saturated heterocycles. The van der Waals surface area contributed by atoms with Crippen molar-refractivity contribution in [1.82, 2.24) is 15.2 Å². The molecule has 4 rings (SSSR count). The van der Waals surface area contributed by atoms with Gasteiger partial charge in [0.25, 0.3) is 5.91 Å². The number of oxazole rings is 1. The largest absolute Gasteiger partial charge is 0.419 e. The van der Waals surface area contributed by atoms with E-state index in [1.807, 2.05) is 36.4 Å². The fourth-order valence-corrected chi connectivity index (χ4v) is 3.69. The van der Waals surface area contributed by atoms with Crippen molar-refractivity contribution in [2.24, 2.45) is 7.05 Å². The van der Waals surface area contributed by atoms with Crippen LogP contribution in [0.4, 0.5) is 0 Å². The molecule has 1 fully saturated rings. The fraction of sp³-hybridized carbons (Fsp3) is 0.348. The molecule has 0 aliphatic carbocycles. The molecular formula is C23H24N4O4. The van der Waals surface area contributed by atoms with E-state index in [-0.39, 0.29) is 5.91 Å². The van der Waals surface area contributed by atoms with Gasteiger partial charge in [0, 0.05) is 26.6 Å². The minimum atomic E-state index is -0.969. The number of hydrogen-bond acceptors (Lipinski definition) is 6. The van der Waals surface area contributed by atoms with Gasteiger partial charge in [-0.2, -0.15) is 5.26 Å². The number of benzene rings is 2. The molecule has 1 aromatic heterocycles. The Balaban J connectivity index is 1.46. The van der Waals surface area contributed by atoms with Crippen LogP contribution in [0.3, 0.4) is 0 Å². The zero-order valence-electron chi connectivity index (χ0n) is 17.5. The van der Waals surface area contributed by atoms with Crippen LogP contribution < -0.4 is 16.4 Å². The Hall–Kier alpha value is -3.41. The van der Waals surface area contributed by atoms with Crippen molar-refractivity contribution in [2.75, 3.05) is 19.7 Å². The van der Waals surface area contributed by atoms with Gasteiger partial charge in [-0.25, -0.2) is 4.79 Å². The van der Waals surface area contributed by atoms with Crippen molar-refractivity contribution in [1.29, 1.82) is 5.26 Å². The lowest BCUT2D eigenvalue weighted by atomic mass is 9.99. The molecule has 0 spiro atoms. The first-order valence-electron chi connectivity index (χ1n) is 10.1. The summed E-state index contributed by atoms with van der Waals surface area (Å²) in [5, 5.41) is 15.5. The van der Waals surface area contributed by atoms with Gasteiger partial charge in [-0.3, -0.25) is 9.36 Å². The number of nitrogens with one attached hydrogen (secondary N) is 2. The number of morpholine rings is 1. The third-order valence-corrected chi connectivity index (χ3v) is 5.62. The Morgan fingerprint density at radius 3 is 2.71 bits per heavy atom. The monoisotopic (exact) mass is 420 g/mol. The summed E-state index contributed by atoms with van der Waals surface area (Å²) in [4.78, 5) is 24.3. The van der Waals surface area contributed by atoms with Gasteiger partial charge in [0.1, 0.15) is 6.04 Å². The number of nitrogens with zero attached hydrogens (tertiary/aromatic N) is 2. The van der Waals surface area contributed by atoms with E-state index in [1.165, 1.54) is 4.57 Å². The molecule has 8 nitrogen and oxygen atoms in total. The predicted molar refractivity (Wildman–Crippen MR) is 115 cm³/mol. The summed E-state index contributed by atoms with van der Waals surface area (Å²) in [6.45, 7) is 3.31. The van der Waals surface area contributed by atoms with Crippen molar-refractivity contribution in [3.63, 3.8) is 0 Å². The highest BCUT2D eigenvalue weighted by atomic mass is 16.5. The molecule has 31 heavy (non-hydrogen) atoms. The highest BCUT2D eigenvalue weighted by Gasteiger charge is 2.37. The number of rotatable bonds is 5. The first-order valence-corrected chi connectivity index (χ1v) is 10.1. The number of hydrogen-bond donors (Lipinski definition) is 2. The molecule has 2 aromatic carbocycles. The number of nitriles is 1. The van der Waals surface area contributed by atoms with Gasteiger partial charge < -0.3 is 19.8 Å². The van der Waals surface area contributed by atoms with Crippen molar-refractivity contribution < 1.29 is 13.9 Å². The fourth-order valence-electron chi connectivity index (χ4n) is 3.69. The van der Waals surface area contributed by atoms with Crippen LogP contribution in [0.5, 0.6) is 0 Å². The van der Waals surface area contributed by atoms with E-state index in [2.05, 4.69) is 16.7 Å².